The van der Waals surface area contributed by atoms with E-state index in [0.717, 1.165) is 16.9 Å². The van der Waals surface area contributed by atoms with Crippen LogP contribution >= 0.6 is 0 Å². The van der Waals surface area contributed by atoms with E-state index in [9.17, 15) is 4.79 Å². The molecule has 1 saturated carbocycles. The molecule has 0 amide bonds. The summed E-state index contributed by atoms with van der Waals surface area (Å²) in [7, 11) is 1.54. The molecule has 0 bridgehead atoms. The van der Waals surface area contributed by atoms with Crippen molar-refractivity contribution in [3.8, 4) is 16.9 Å². The molecule has 3 rings (SSSR count). The number of carbonyl (C=O) groups is 1. The van der Waals surface area contributed by atoms with Crippen molar-refractivity contribution in [1.82, 2.24) is 0 Å². The van der Waals surface area contributed by atoms with Gasteiger partial charge < -0.3 is 9.47 Å². The molecule has 2 unspecified atom stereocenters. The fourth-order valence-electron chi connectivity index (χ4n) is 2.44. The smallest absolute Gasteiger partial charge is 0.169 e. The quantitative estimate of drug-likeness (QED) is 0.854. The topological polar surface area (TPSA) is 35.5 Å². The molecule has 0 N–H and O–H groups in total. The molecule has 1 aliphatic rings. The first-order valence-electron chi connectivity index (χ1n) is 6.66. The highest BCUT2D eigenvalue weighted by Crippen LogP contribution is 2.33. The van der Waals surface area contributed by atoms with Crippen molar-refractivity contribution in [2.24, 2.45) is 0 Å². The average molecular weight is 268 g/mol. The highest BCUT2D eigenvalue weighted by atomic mass is 16.5. The minimum Gasteiger partial charge on any atom is -0.486 e. The lowest BCUT2D eigenvalue weighted by molar-refractivity contribution is -0.150. The number of para-hydroxylation sites is 1. The first kappa shape index (κ1) is 12.9. The summed E-state index contributed by atoms with van der Waals surface area (Å²) in [5, 5.41) is 0. The largest absolute Gasteiger partial charge is 0.486 e. The van der Waals surface area contributed by atoms with Crippen LogP contribution < -0.4 is 4.74 Å². The number of hydrogen-bond donors (Lipinski definition) is 0. The van der Waals surface area contributed by atoms with Crippen LogP contribution in [0.1, 0.15) is 6.42 Å². The number of Topliss-reactive ketones (excluding diaryl/α,β-unsaturated/α-hetero) is 1. The maximum absolute atomic E-state index is 11.4. The average Bonchev–Trinajstić information content (AvgIpc) is 2.48. The van der Waals surface area contributed by atoms with Crippen LogP contribution in [0.3, 0.4) is 0 Å². The summed E-state index contributed by atoms with van der Waals surface area (Å²) in [4.78, 5) is 11.4. The van der Waals surface area contributed by atoms with Crippen molar-refractivity contribution in [3.05, 3.63) is 54.6 Å². The van der Waals surface area contributed by atoms with E-state index in [1.54, 1.807) is 7.11 Å². The lowest BCUT2D eigenvalue weighted by Gasteiger charge is -2.34. The number of methoxy groups -OCH3 is 1. The van der Waals surface area contributed by atoms with Gasteiger partial charge in [-0.3, -0.25) is 4.79 Å². The van der Waals surface area contributed by atoms with E-state index in [1.807, 2.05) is 54.6 Å². The fraction of sp³-hybridized carbons (Fsp3) is 0.235. The maximum atomic E-state index is 11.4. The van der Waals surface area contributed by atoms with Gasteiger partial charge in [0.25, 0.3) is 0 Å². The minimum absolute atomic E-state index is 0.106. The summed E-state index contributed by atoms with van der Waals surface area (Å²) < 4.78 is 11.1. The Morgan fingerprint density at radius 1 is 1.00 bits per heavy atom. The van der Waals surface area contributed by atoms with Crippen LogP contribution in [-0.4, -0.2) is 25.1 Å². The number of hydrogen-bond acceptors (Lipinski definition) is 3. The highest BCUT2D eigenvalue weighted by molar-refractivity contribution is 5.90. The van der Waals surface area contributed by atoms with Crippen molar-refractivity contribution >= 4 is 5.78 Å². The highest BCUT2D eigenvalue weighted by Gasteiger charge is 2.42. The Morgan fingerprint density at radius 3 is 2.40 bits per heavy atom. The summed E-state index contributed by atoms with van der Waals surface area (Å²) in [5.74, 6) is 0.896. The molecule has 1 aliphatic carbocycles. The summed E-state index contributed by atoms with van der Waals surface area (Å²) in [6.45, 7) is 0. The van der Waals surface area contributed by atoms with Gasteiger partial charge in [0.05, 0.1) is 0 Å². The van der Waals surface area contributed by atoms with Crippen molar-refractivity contribution in [1.29, 1.82) is 0 Å². The molecule has 3 heteroatoms. The first-order chi connectivity index (χ1) is 9.79. The van der Waals surface area contributed by atoms with Gasteiger partial charge in [0, 0.05) is 19.1 Å². The van der Waals surface area contributed by atoms with Crippen LogP contribution in [0.2, 0.25) is 0 Å². The van der Waals surface area contributed by atoms with Crippen molar-refractivity contribution in [2.75, 3.05) is 7.11 Å². The van der Waals surface area contributed by atoms with Crippen LogP contribution in [0.5, 0.6) is 5.75 Å². The number of benzene rings is 2. The monoisotopic (exact) mass is 268 g/mol. The van der Waals surface area contributed by atoms with Gasteiger partial charge in [-0.25, -0.2) is 0 Å². The van der Waals surface area contributed by atoms with E-state index in [2.05, 4.69) is 0 Å². The molecule has 2 aromatic carbocycles. The summed E-state index contributed by atoms with van der Waals surface area (Å²) in [6, 6.07) is 17.9. The lowest BCUT2D eigenvalue weighted by Crippen LogP contribution is -2.51. The lowest BCUT2D eigenvalue weighted by atomic mass is 9.90. The number of ketones is 1. The van der Waals surface area contributed by atoms with Crippen LogP contribution in [0.15, 0.2) is 54.6 Å². The summed E-state index contributed by atoms with van der Waals surface area (Å²) in [5.41, 5.74) is 2.13. The standard InChI is InChI=1S/C17H16O3/c1-19-17-14(18)11-16(17)20-15-10-6-5-9-13(15)12-7-3-2-4-8-12/h2-10,16-17H,11H2,1H3. The molecule has 3 nitrogen and oxygen atoms in total. The van der Waals surface area contributed by atoms with E-state index >= 15 is 0 Å². The van der Waals surface area contributed by atoms with Crippen molar-refractivity contribution in [3.63, 3.8) is 0 Å². The van der Waals surface area contributed by atoms with Gasteiger partial charge in [-0.15, -0.1) is 0 Å². The second-order valence-electron chi connectivity index (χ2n) is 4.85. The third-order valence-corrected chi connectivity index (χ3v) is 3.56. The molecule has 2 atom stereocenters. The van der Waals surface area contributed by atoms with Crippen LogP contribution in [0.4, 0.5) is 0 Å². The maximum Gasteiger partial charge on any atom is 0.169 e. The third-order valence-electron chi connectivity index (χ3n) is 3.56. The van der Waals surface area contributed by atoms with Gasteiger partial charge in [0.1, 0.15) is 11.9 Å². The molecular formula is C17H16O3. The summed E-state index contributed by atoms with van der Waals surface area (Å²) >= 11 is 0. The zero-order chi connectivity index (χ0) is 13.9. The number of rotatable bonds is 4. The minimum atomic E-state index is -0.432. The number of carbonyl (C=O) groups excluding carboxylic acids is 1. The van der Waals surface area contributed by atoms with Gasteiger partial charge in [-0.05, 0) is 11.6 Å². The molecular weight excluding hydrogens is 252 g/mol. The van der Waals surface area contributed by atoms with Gasteiger partial charge in [-0.2, -0.15) is 0 Å². The molecule has 0 aliphatic heterocycles. The molecule has 102 valence electrons. The summed E-state index contributed by atoms with van der Waals surface area (Å²) in [6.07, 6.45) is -0.196. The molecule has 0 spiro atoms. The van der Waals surface area contributed by atoms with Gasteiger partial charge in [-0.1, -0.05) is 48.5 Å². The number of ether oxygens (including phenoxy) is 2. The third kappa shape index (κ3) is 2.32. The van der Waals surface area contributed by atoms with Crippen LogP contribution in [0, 0.1) is 0 Å². The molecule has 0 saturated heterocycles. The SMILES string of the molecule is COC1C(=O)CC1Oc1ccccc1-c1ccccc1. The Hall–Kier alpha value is -2.13. The molecule has 0 radical (unpaired) electrons. The van der Waals surface area contributed by atoms with Gasteiger partial charge >= 0.3 is 0 Å². The Morgan fingerprint density at radius 2 is 1.70 bits per heavy atom. The molecule has 0 heterocycles. The molecule has 0 aromatic heterocycles. The Kier molecular flexibility index (Phi) is 3.52. The first-order valence-corrected chi connectivity index (χ1v) is 6.66. The van der Waals surface area contributed by atoms with Gasteiger partial charge in [0.15, 0.2) is 11.9 Å². The Balaban J connectivity index is 1.86. The van der Waals surface area contributed by atoms with Crippen LogP contribution in [0.25, 0.3) is 11.1 Å². The van der Waals surface area contributed by atoms with E-state index in [0.29, 0.717) is 6.42 Å². The normalized spacial score (nSPS) is 21.4. The fourth-order valence-corrected chi connectivity index (χ4v) is 2.44. The molecule has 20 heavy (non-hydrogen) atoms. The van der Waals surface area contributed by atoms with Crippen LogP contribution in [-0.2, 0) is 9.53 Å². The van der Waals surface area contributed by atoms with Crippen molar-refractivity contribution < 1.29 is 14.3 Å². The predicted octanol–water partition coefficient (Wildman–Crippen LogP) is 3.09. The van der Waals surface area contributed by atoms with Gasteiger partial charge in [0.2, 0.25) is 0 Å². The Labute approximate surface area is 118 Å². The zero-order valence-corrected chi connectivity index (χ0v) is 11.3. The van der Waals surface area contributed by atoms with E-state index < -0.39 is 6.10 Å². The Bertz CT molecular complexity index is 607. The molecule has 2 aromatic rings. The van der Waals surface area contributed by atoms with Crippen molar-refractivity contribution in [2.45, 2.75) is 18.6 Å². The van der Waals surface area contributed by atoms with E-state index in [1.165, 1.54) is 0 Å². The zero-order valence-electron chi connectivity index (χ0n) is 11.3. The second kappa shape index (κ2) is 5.47. The second-order valence-corrected chi connectivity index (χ2v) is 4.85. The van der Waals surface area contributed by atoms with E-state index in [4.69, 9.17) is 9.47 Å². The van der Waals surface area contributed by atoms with E-state index in [-0.39, 0.29) is 11.9 Å². The molecule has 1 fully saturated rings. The predicted molar refractivity (Wildman–Crippen MR) is 76.7 cm³/mol.